The van der Waals surface area contributed by atoms with Gasteiger partial charge in [0.15, 0.2) is 0 Å². The molecule has 1 heterocycles. The molecule has 0 aliphatic heterocycles. The normalized spacial score (nSPS) is 11.9. The Morgan fingerprint density at radius 3 is 2.83 bits per heavy atom. The van der Waals surface area contributed by atoms with Crippen molar-refractivity contribution in [3.63, 3.8) is 0 Å². The summed E-state index contributed by atoms with van der Waals surface area (Å²) >= 11 is 5.03. The van der Waals surface area contributed by atoms with Gasteiger partial charge in [-0.3, -0.25) is 0 Å². The van der Waals surface area contributed by atoms with E-state index in [1.807, 2.05) is 24.4 Å². The largest absolute Gasteiger partial charge is 0.376 e. The van der Waals surface area contributed by atoms with Crippen molar-refractivity contribution in [1.82, 2.24) is 4.98 Å². The molecule has 0 saturated heterocycles. The van der Waals surface area contributed by atoms with Gasteiger partial charge in [-0.25, -0.2) is 4.98 Å². The number of hydrogen-bond acceptors (Lipinski definition) is 4. The lowest BCUT2D eigenvalue weighted by atomic mass is 10.2. The minimum Gasteiger partial charge on any atom is -0.376 e. The first-order valence-corrected chi connectivity index (χ1v) is 7.15. The number of rotatable bonds is 3. The molecule has 1 atom stereocenters. The molecule has 5 heteroatoms. The number of thiazole rings is 1. The van der Waals surface area contributed by atoms with E-state index < -0.39 is 0 Å². The number of anilines is 1. The molecular formula is C13H12BrN3S. The number of nitrogens with zero attached hydrogens (tertiary/aromatic N) is 2. The van der Waals surface area contributed by atoms with Crippen LogP contribution < -0.4 is 5.32 Å². The van der Waals surface area contributed by atoms with Crippen LogP contribution in [0.15, 0.2) is 28.1 Å². The minimum atomic E-state index is 0.156. The highest BCUT2D eigenvalue weighted by molar-refractivity contribution is 9.10. The van der Waals surface area contributed by atoms with Gasteiger partial charge in [-0.1, -0.05) is 0 Å². The fourth-order valence-electron chi connectivity index (χ4n) is 1.58. The highest BCUT2D eigenvalue weighted by atomic mass is 79.9. The summed E-state index contributed by atoms with van der Waals surface area (Å²) in [7, 11) is 0. The minimum absolute atomic E-state index is 0.156. The van der Waals surface area contributed by atoms with Gasteiger partial charge in [0, 0.05) is 21.2 Å². The third-order valence-corrected chi connectivity index (χ3v) is 4.28. The molecule has 0 saturated carbocycles. The monoisotopic (exact) mass is 321 g/mol. The molecule has 0 spiro atoms. The maximum absolute atomic E-state index is 8.86. The summed E-state index contributed by atoms with van der Waals surface area (Å²) in [5.41, 5.74) is 2.66. The lowest BCUT2D eigenvalue weighted by Gasteiger charge is -2.13. The van der Waals surface area contributed by atoms with Crippen molar-refractivity contribution >= 4 is 33.0 Å². The van der Waals surface area contributed by atoms with Gasteiger partial charge in [0.1, 0.15) is 11.1 Å². The number of benzene rings is 1. The van der Waals surface area contributed by atoms with Gasteiger partial charge < -0.3 is 5.32 Å². The highest BCUT2D eigenvalue weighted by Crippen LogP contribution is 2.25. The molecule has 0 aliphatic carbocycles. The van der Waals surface area contributed by atoms with Crippen LogP contribution >= 0.6 is 27.3 Å². The smallest absolute Gasteiger partial charge is 0.115 e. The summed E-state index contributed by atoms with van der Waals surface area (Å²) in [6.45, 7) is 4.06. The van der Waals surface area contributed by atoms with Gasteiger partial charge >= 0.3 is 0 Å². The van der Waals surface area contributed by atoms with Crippen LogP contribution in [-0.2, 0) is 0 Å². The summed E-state index contributed by atoms with van der Waals surface area (Å²) in [6, 6.07) is 7.90. The summed E-state index contributed by atoms with van der Waals surface area (Å²) in [6.07, 6.45) is 0. The molecule has 1 unspecified atom stereocenters. The molecule has 1 aromatic heterocycles. The molecular weight excluding hydrogens is 310 g/mol. The number of aromatic nitrogens is 1. The summed E-state index contributed by atoms with van der Waals surface area (Å²) in [5.74, 6) is 0. The standard InChI is InChI=1S/C13H12BrN3S/c1-8-7-18-13(16-8)9(2)17-11-4-3-10(6-15)12(14)5-11/h3-5,7,9,17H,1-2H3. The fraction of sp³-hybridized carbons (Fsp3) is 0.231. The second kappa shape index (κ2) is 5.51. The third-order valence-electron chi connectivity index (χ3n) is 2.48. The van der Waals surface area contributed by atoms with Crippen LogP contribution in [0.25, 0.3) is 0 Å². The molecule has 92 valence electrons. The molecule has 3 nitrogen and oxygen atoms in total. The van der Waals surface area contributed by atoms with Crippen molar-refractivity contribution in [1.29, 1.82) is 5.26 Å². The van der Waals surface area contributed by atoms with Crippen molar-refractivity contribution in [2.45, 2.75) is 19.9 Å². The van der Waals surface area contributed by atoms with Gasteiger partial charge in [-0.15, -0.1) is 11.3 Å². The summed E-state index contributed by atoms with van der Waals surface area (Å²) in [4.78, 5) is 4.45. The number of halogens is 1. The molecule has 0 fully saturated rings. The zero-order chi connectivity index (χ0) is 13.1. The number of nitriles is 1. The van der Waals surface area contributed by atoms with E-state index in [-0.39, 0.29) is 6.04 Å². The van der Waals surface area contributed by atoms with Crippen molar-refractivity contribution in [2.24, 2.45) is 0 Å². The van der Waals surface area contributed by atoms with Gasteiger partial charge in [-0.05, 0) is 48.0 Å². The second-order valence-electron chi connectivity index (χ2n) is 4.00. The van der Waals surface area contributed by atoms with Crippen LogP contribution in [0.1, 0.15) is 29.2 Å². The van der Waals surface area contributed by atoms with Gasteiger partial charge in [0.25, 0.3) is 0 Å². The third kappa shape index (κ3) is 2.89. The Morgan fingerprint density at radius 1 is 1.50 bits per heavy atom. The number of nitrogens with one attached hydrogen (secondary N) is 1. The second-order valence-corrected chi connectivity index (χ2v) is 5.74. The topological polar surface area (TPSA) is 48.7 Å². The van der Waals surface area contributed by atoms with E-state index in [1.165, 1.54) is 0 Å². The van der Waals surface area contributed by atoms with Crippen LogP contribution in [0, 0.1) is 18.3 Å². The number of hydrogen-bond donors (Lipinski definition) is 1. The highest BCUT2D eigenvalue weighted by Gasteiger charge is 2.10. The zero-order valence-corrected chi connectivity index (χ0v) is 12.5. The van der Waals surface area contributed by atoms with E-state index in [1.54, 1.807) is 17.4 Å². The first kappa shape index (κ1) is 13.1. The van der Waals surface area contributed by atoms with Gasteiger partial charge in [0.05, 0.1) is 11.6 Å². The molecule has 0 radical (unpaired) electrons. The predicted molar refractivity (Wildman–Crippen MR) is 77.7 cm³/mol. The average molecular weight is 322 g/mol. The average Bonchev–Trinajstić information content (AvgIpc) is 2.76. The predicted octanol–water partition coefficient (Wildman–Crippen LogP) is 4.26. The van der Waals surface area contributed by atoms with E-state index >= 15 is 0 Å². The molecule has 0 bridgehead atoms. The lowest BCUT2D eigenvalue weighted by Crippen LogP contribution is -2.06. The van der Waals surface area contributed by atoms with Crippen LogP contribution in [0.5, 0.6) is 0 Å². The molecule has 1 N–H and O–H groups in total. The Bertz CT molecular complexity index is 601. The van der Waals surface area contributed by atoms with E-state index in [4.69, 9.17) is 5.26 Å². The quantitative estimate of drug-likeness (QED) is 0.918. The molecule has 18 heavy (non-hydrogen) atoms. The fourth-order valence-corrected chi connectivity index (χ4v) is 2.85. The Hall–Kier alpha value is -1.38. The van der Waals surface area contributed by atoms with Crippen molar-refractivity contribution in [3.05, 3.63) is 44.3 Å². The van der Waals surface area contributed by atoms with E-state index in [2.05, 4.69) is 39.2 Å². The van der Waals surface area contributed by atoms with Crippen LogP contribution in [0.3, 0.4) is 0 Å². The van der Waals surface area contributed by atoms with E-state index in [0.717, 1.165) is 20.9 Å². The van der Waals surface area contributed by atoms with E-state index in [9.17, 15) is 0 Å². The first-order chi connectivity index (χ1) is 8.60. The van der Waals surface area contributed by atoms with Crippen molar-refractivity contribution in [3.8, 4) is 6.07 Å². The molecule has 2 rings (SSSR count). The van der Waals surface area contributed by atoms with Crippen LogP contribution in [0.2, 0.25) is 0 Å². The van der Waals surface area contributed by atoms with Crippen molar-refractivity contribution in [2.75, 3.05) is 5.32 Å². The number of aryl methyl sites for hydroxylation is 1. The molecule has 0 amide bonds. The Kier molecular flexibility index (Phi) is 4.00. The lowest BCUT2D eigenvalue weighted by molar-refractivity contribution is 0.864. The Labute approximate surface area is 119 Å². The van der Waals surface area contributed by atoms with Crippen LogP contribution in [-0.4, -0.2) is 4.98 Å². The molecule has 1 aromatic carbocycles. The van der Waals surface area contributed by atoms with E-state index in [0.29, 0.717) is 5.56 Å². The summed E-state index contributed by atoms with van der Waals surface area (Å²) < 4.78 is 0.803. The van der Waals surface area contributed by atoms with Gasteiger partial charge in [-0.2, -0.15) is 5.26 Å². The Morgan fingerprint density at radius 2 is 2.28 bits per heavy atom. The molecule has 2 aromatic rings. The van der Waals surface area contributed by atoms with Crippen LogP contribution in [0.4, 0.5) is 5.69 Å². The van der Waals surface area contributed by atoms with Crippen molar-refractivity contribution < 1.29 is 0 Å². The SMILES string of the molecule is Cc1csc(C(C)Nc2ccc(C#N)c(Br)c2)n1. The maximum atomic E-state index is 8.86. The summed E-state index contributed by atoms with van der Waals surface area (Å²) in [5, 5.41) is 15.3. The molecule has 0 aliphatic rings. The van der Waals surface area contributed by atoms with Gasteiger partial charge in [0.2, 0.25) is 0 Å². The first-order valence-electron chi connectivity index (χ1n) is 5.48. The maximum Gasteiger partial charge on any atom is 0.115 e. The Balaban J connectivity index is 2.15. The zero-order valence-electron chi connectivity index (χ0n) is 10.1.